The van der Waals surface area contributed by atoms with Crippen LogP contribution in [-0.4, -0.2) is 31.0 Å². The van der Waals surface area contributed by atoms with Crippen molar-refractivity contribution in [2.45, 2.75) is 18.8 Å². The van der Waals surface area contributed by atoms with Crippen LogP contribution in [0.1, 0.15) is 29.9 Å². The molecule has 2 N–H and O–H groups in total. The quantitative estimate of drug-likeness (QED) is 0.774. The van der Waals surface area contributed by atoms with Crippen LogP contribution in [0, 0.1) is 17.3 Å². The Morgan fingerprint density at radius 2 is 1.75 bits per heavy atom. The molecule has 0 saturated heterocycles. The topological polar surface area (TPSA) is 58.6 Å². The van der Waals surface area contributed by atoms with Crippen LogP contribution < -0.4 is 5.32 Å². The van der Waals surface area contributed by atoms with Gasteiger partial charge in [0.05, 0.1) is 6.61 Å². The van der Waals surface area contributed by atoms with Gasteiger partial charge < -0.3 is 15.2 Å². The molecule has 1 fully saturated rings. The molecule has 144 valence electrons. The number of allylic oxidation sites excluding steroid dienone is 2. The van der Waals surface area contributed by atoms with E-state index in [1.165, 1.54) is 22.3 Å². The maximum Gasteiger partial charge on any atom is 0.407 e. The van der Waals surface area contributed by atoms with Crippen molar-refractivity contribution in [2.75, 3.05) is 19.8 Å². The molecule has 2 bridgehead atoms. The molecule has 1 amide bonds. The molecular formula is C24H25NO3. The average molecular weight is 375 g/mol. The highest BCUT2D eigenvalue weighted by Gasteiger charge is 2.48. The van der Waals surface area contributed by atoms with E-state index < -0.39 is 6.09 Å². The summed E-state index contributed by atoms with van der Waals surface area (Å²) in [6.45, 7) is 0.881. The molecule has 2 aromatic rings. The number of ether oxygens (including phenoxy) is 1. The number of nitrogens with one attached hydrogen (secondary N) is 1. The molecule has 3 atom stereocenters. The van der Waals surface area contributed by atoms with Gasteiger partial charge in [-0.2, -0.15) is 0 Å². The van der Waals surface area contributed by atoms with E-state index >= 15 is 0 Å². The highest BCUT2D eigenvalue weighted by atomic mass is 16.5. The fourth-order valence-corrected chi connectivity index (χ4v) is 5.39. The molecule has 1 saturated carbocycles. The largest absolute Gasteiger partial charge is 0.449 e. The Labute approximate surface area is 165 Å². The fourth-order valence-electron chi connectivity index (χ4n) is 5.39. The second-order valence-electron chi connectivity index (χ2n) is 8.39. The van der Waals surface area contributed by atoms with Gasteiger partial charge in [-0.05, 0) is 46.9 Å². The van der Waals surface area contributed by atoms with E-state index in [4.69, 9.17) is 4.74 Å². The first-order chi connectivity index (χ1) is 13.7. The minimum absolute atomic E-state index is 0.0652. The van der Waals surface area contributed by atoms with Crippen LogP contribution in [0.4, 0.5) is 4.79 Å². The number of fused-ring (bicyclic) bond motifs is 5. The SMILES string of the molecule is O=C(NCC1(CO)CC2C=CC1C2)OCC1c2ccccc2-c2ccccc21. The van der Waals surface area contributed by atoms with Gasteiger partial charge >= 0.3 is 6.09 Å². The summed E-state index contributed by atoms with van der Waals surface area (Å²) in [5.41, 5.74) is 4.63. The number of alkyl carbamates (subject to hydrolysis) is 1. The van der Waals surface area contributed by atoms with E-state index in [0.29, 0.717) is 25.0 Å². The van der Waals surface area contributed by atoms with E-state index in [0.717, 1.165) is 12.8 Å². The number of aliphatic hydroxyl groups is 1. The van der Waals surface area contributed by atoms with E-state index in [2.05, 4.69) is 41.7 Å². The van der Waals surface area contributed by atoms with E-state index in [-0.39, 0.29) is 17.9 Å². The third-order valence-electron chi connectivity index (χ3n) is 6.87. The van der Waals surface area contributed by atoms with Crippen LogP contribution in [-0.2, 0) is 4.74 Å². The highest BCUT2D eigenvalue weighted by molar-refractivity contribution is 5.79. The molecule has 0 aliphatic heterocycles. The highest BCUT2D eigenvalue weighted by Crippen LogP contribution is 2.51. The second-order valence-corrected chi connectivity index (χ2v) is 8.39. The summed E-state index contributed by atoms with van der Waals surface area (Å²) in [7, 11) is 0. The third kappa shape index (κ3) is 2.75. The predicted octanol–water partition coefficient (Wildman–Crippen LogP) is 4.10. The number of carbonyl (C=O) groups is 1. The maximum atomic E-state index is 12.4. The lowest BCUT2D eigenvalue weighted by Crippen LogP contribution is -2.43. The van der Waals surface area contributed by atoms with Gasteiger partial charge in [-0.3, -0.25) is 0 Å². The number of rotatable bonds is 5. The van der Waals surface area contributed by atoms with Crippen LogP contribution in [0.15, 0.2) is 60.7 Å². The monoisotopic (exact) mass is 375 g/mol. The van der Waals surface area contributed by atoms with Crippen LogP contribution >= 0.6 is 0 Å². The molecule has 0 radical (unpaired) electrons. The molecule has 28 heavy (non-hydrogen) atoms. The van der Waals surface area contributed by atoms with Crippen LogP contribution in [0.3, 0.4) is 0 Å². The Balaban J connectivity index is 1.24. The molecule has 3 aliphatic carbocycles. The van der Waals surface area contributed by atoms with Crippen LogP contribution in [0.2, 0.25) is 0 Å². The van der Waals surface area contributed by atoms with Crippen LogP contribution in [0.25, 0.3) is 11.1 Å². The Bertz CT molecular complexity index is 891. The lowest BCUT2D eigenvalue weighted by Gasteiger charge is -2.33. The number of aliphatic hydroxyl groups excluding tert-OH is 1. The zero-order chi connectivity index (χ0) is 19.1. The van der Waals surface area contributed by atoms with Gasteiger partial charge in [-0.15, -0.1) is 0 Å². The van der Waals surface area contributed by atoms with Crippen molar-refractivity contribution >= 4 is 6.09 Å². The van der Waals surface area contributed by atoms with Gasteiger partial charge in [-0.1, -0.05) is 60.7 Å². The first kappa shape index (κ1) is 17.5. The molecular weight excluding hydrogens is 350 g/mol. The lowest BCUT2D eigenvalue weighted by atomic mass is 9.76. The molecule has 3 aliphatic rings. The Morgan fingerprint density at radius 1 is 1.07 bits per heavy atom. The van der Waals surface area contributed by atoms with Crippen molar-refractivity contribution in [3.63, 3.8) is 0 Å². The molecule has 4 heteroatoms. The van der Waals surface area contributed by atoms with Crippen molar-refractivity contribution in [1.29, 1.82) is 0 Å². The average Bonchev–Trinajstić information content (AvgIpc) is 3.43. The van der Waals surface area contributed by atoms with E-state index in [9.17, 15) is 9.90 Å². The van der Waals surface area contributed by atoms with E-state index in [1.54, 1.807) is 0 Å². The summed E-state index contributed by atoms with van der Waals surface area (Å²) in [6.07, 6.45) is 6.07. The van der Waals surface area contributed by atoms with Gasteiger partial charge in [0.2, 0.25) is 0 Å². The van der Waals surface area contributed by atoms with Crippen molar-refractivity contribution in [2.24, 2.45) is 17.3 Å². The number of hydrogen-bond donors (Lipinski definition) is 2. The maximum absolute atomic E-state index is 12.4. The second kappa shape index (κ2) is 6.78. The normalized spacial score (nSPS) is 26.9. The number of carbonyl (C=O) groups excluding carboxylic acids is 1. The van der Waals surface area contributed by atoms with Crippen molar-refractivity contribution in [3.8, 4) is 11.1 Å². The summed E-state index contributed by atoms with van der Waals surface area (Å²) in [4.78, 5) is 12.4. The molecule has 0 heterocycles. The Hall–Kier alpha value is -2.59. The smallest absolute Gasteiger partial charge is 0.407 e. The minimum Gasteiger partial charge on any atom is -0.449 e. The number of hydrogen-bond acceptors (Lipinski definition) is 3. The van der Waals surface area contributed by atoms with Gasteiger partial charge in [0.15, 0.2) is 0 Å². The summed E-state index contributed by atoms with van der Waals surface area (Å²) in [5.74, 6) is 0.966. The summed E-state index contributed by atoms with van der Waals surface area (Å²) in [6, 6.07) is 16.6. The fraction of sp³-hybridized carbons (Fsp3) is 0.375. The Kier molecular flexibility index (Phi) is 4.24. The number of amides is 1. The first-order valence-corrected chi connectivity index (χ1v) is 10.1. The summed E-state index contributed by atoms with van der Waals surface area (Å²) in [5, 5.41) is 12.9. The molecule has 2 aromatic carbocycles. The van der Waals surface area contributed by atoms with Crippen LogP contribution in [0.5, 0.6) is 0 Å². The molecule has 0 spiro atoms. The van der Waals surface area contributed by atoms with Crippen molar-refractivity contribution < 1.29 is 14.6 Å². The van der Waals surface area contributed by atoms with Crippen molar-refractivity contribution in [3.05, 3.63) is 71.8 Å². The molecule has 3 unspecified atom stereocenters. The van der Waals surface area contributed by atoms with Gasteiger partial charge in [0.25, 0.3) is 0 Å². The van der Waals surface area contributed by atoms with Gasteiger partial charge in [-0.25, -0.2) is 4.79 Å². The minimum atomic E-state index is -0.401. The van der Waals surface area contributed by atoms with Crippen molar-refractivity contribution in [1.82, 2.24) is 5.32 Å². The van der Waals surface area contributed by atoms with Gasteiger partial charge in [0, 0.05) is 17.9 Å². The summed E-state index contributed by atoms with van der Waals surface area (Å²) < 4.78 is 5.62. The van der Waals surface area contributed by atoms with E-state index in [1.807, 2.05) is 24.3 Å². The molecule has 4 nitrogen and oxygen atoms in total. The molecule has 0 aromatic heterocycles. The standard InChI is InChI=1S/C24H25NO3/c26-15-24(12-16-9-10-17(24)11-16)14-25-23(27)28-13-22-20-7-3-1-5-18(20)19-6-2-4-8-21(19)22/h1-10,16-17,22,26H,11-15H2,(H,25,27). The number of benzene rings is 2. The molecule has 5 rings (SSSR count). The third-order valence-corrected chi connectivity index (χ3v) is 6.87. The lowest BCUT2D eigenvalue weighted by molar-refractivity contribution is 0.0882. The van der Waals surface area contributed by atoms with Gasteiger partial charge in [0.1, 0.15) is 6.61 Å². The first-order valence-electron chi connectivity index (χ1n) is 10.1. The zero-order valence-electron chi connectivity index (χ0n) is 15.8. The summed E-state index contributed by atoms with van der Waals surface area (Å²) >= 11 is 0. The zero-order valence-corrected chi connectivity index (χ0v) is 15.8. The Morgan fingerprint density at radius 3 is 2.32 bits per heavy atom. The predicted molar refractivity (Wildman–Crippen MR) is 108 cm³/mol.